The van der Waals surface area contributed by atoms with Crippen molar-refractivity contribution in [1.29, 1.82) is 0 Å². The van der Waals surface area contributed by atoms with E-state index in [9.17, 15) is 0 Å². The molecule has 0 bridgehead atoms. The van der Waals surface area contributed by atoms with E-state index in [4.69, 9.17) is 0 Å². The summed E-state index contributed by atoms with van der Waals surface area (Å²) in [6, 6.07) is 7.45. The molecule has 0 aromatic heterocycles. The van der Waals surface area contributed by atoms with Crippen LogP contribution in [0.5, 0.6) is 0 Å². The fourth-order valence-electron chi connectivity index (χ4n) is 0.811. The van der Waals surface area contributed by atoms with Gasteiger partial charge >= 0.3 is 0 Å². The van der Waals surface area contributed by atoms with Crippen LogP contribution in [-0.2, 0) is 131 Å². The van der Waals surface area contributed by atoms with Crippen LogP contribution in [0.15, 0.2) is 12.1 Å². The number of benzene rings is 1. The zero-order chi connectivity index (χ0) is 6.85. The van der Waals surface area contributed by atoms with Crippen LogP contribution in [0.4, 0.5) is 0 Å². The zero-order valence-corrected chi connectivity index (χ0v) is 19.8. The molecule has 1 rings (SSSR count). The molecule has 1 aromatic carbocycles. The average molecular weight is 475 g/mol. The van der Waals surface area contributed by atoms with Crippen molar-refractivity contribution in [3.8, 4) is 0 Å². The summed E-state index contributed by atoms with van der Waals surface area (Å²) in [5.74, 6) is 0. The third-order valence-electron chi connectivity index (χ3n) is 1.56. The van der Waals surface area contributed by atoms with Gasteiger partial charge in [-0.2, -0.15) is 34.9 Å². The van der Waals surface area contributed by atoms with Crippen molar-refractivity contribution in [2.45, 2.75) is 20.8 Å². The topological polar surface area (TPSA) is 0 Å². The molecule has 0 fully saturated rings. The normalized spacial score (nSPS) is 6.69. The summed E-state index contributed by atoms with van der Waals surface area (Å²) in [4.78, 5) is 0. The Morgan fingerprint density at radius 2 is 1.31 bits per heavy atom. The summed E-state index contributed by atoms with van der Waals surface area (Å²) >= 11 is 0. The molecule has 0 heterocycles. The molecule has 0 spiro atoms. The molecule has 0 saturated heterocycles. The van der Waals surface area contributed by atoms with E-state index in [0.717, 1.165) is 0 Å². The van der Waals surface area contributed by atoms with E-state index in [0.29, 0.717) is 0 Å². The van der Waals surface area contributed by atoms with Crippen molar-refractivity contribution in [2.24, 2.45) is 0 Å². The number of rotatable bonds is 0. The third kappa shape index (κ3) is 10.5. The molecule has 4 heteroatoms. The second kappa shape index (κ2) is 13.7. The molecule has 0 amide bonds. The molecule has 0 N–H and O–H groups in total. The second-order valence-corrected chi connectivity index (χ2v) is 2.45. The molecule has 4 radical (unpaired) electrons. The fourth-order valence-corrected chi connectivity index (χ4v) is 0.811. The van der Waals surface area contributed by atoms with Gasteiger partial charge in [-0.05, 0) is 0 Å². The van der Waals surface area contributed by atoms with E-state index >= 15 is 0 Å². The molecule has 60 valence electrons. The van der Waals surface area contributed by atoms with Crippen LogP contribution in [-0.4, -0.2) is 0 Å². The quantitative estimate of drug-likeness (QED) is 0.507. The van der Waals surface area contributed by atoms with Crippen molar-refractivity contribution < 1.29 is 131 Å². The van der Waals surface area contributed by atoms with Gasteiger partial charge in [0.1, 0.15) is 0 Å². The van der Waals surface area contributed by atoms with Crippen LogP contribution in [0.3, 0.4) is 0 Å². The molecule has 0 aliphatic rings. The molecule has 0 saturated carbocycles. The molecule has 1 aromatic rings. The molecular formula is C9H11Y4-. The first-order chi connectivity index (χ1) is 4.20. The average Bonchev–Trinajstić information content (AvgIpc) is 1.80. The first kappa shape index (κ1) is 25.5. The van der Waals surface area contributed by atoms with Crippen molar-refractivity contribution in [1.82, 2.24) is 0 Å². The number of aryl methyl sites for hydroxylation is 3. The summed E-state index contributed by atoms with van der Waals surface area (Å²) in [6.45, 7) is 6.25. The van der Waals surface area contributed by atoms with Gasteiger partial charge in [0.05, 0.1) is 0 Å². The number of hydrogen-bond acceptors (Lipinski definition) is 0. The van der Waals surface area contributed by atoms with Crippen molar-refractivity contribution in [2.75, 3.05) is 0 Å². The van der Waals surface area contributed by atoms with Gasteiger partial charge in [0, 0.05) is 131 Å². The summed E-state index contributed by atoms with van der Waals surface area (Å²) < 4.78 is 0. The monoisotopic (exact) mass is 475 g/mol. The van der Waals surface area contributed by atoms with Crippen LogP contribution in [0.1, 0.15) is 16.7 Å². The largest absolute Gasteiger partial charge is 0.177 e. The van der Waals surface area contributed by atoms with Crippen molar-refractivity contribution in [3.05, 3.63) is 34.9 Å². The minimum absolute atomic E-state index is 0. The van der Waals surface area contributed by atoms with Crippen LogP contribution in [0.2, 0.25) is 0 Å². The van der Waals surface area contributed by atoms with E-state index in [-0.39, 0.29) is 131 Å². The van der Waals surface area contributed by atoms with Gasteiger partial charge in [-0.3, -0.25) is 0 Å². The molecule has 0 aliphatic heterocycles. The molecule has 0 nitrogen and oxygen atoms in total. The van der Waals surface area contributed by atoms with Gasteiger partial charge in [0.2, 0.25) is 0 Å². The van der Waals surface area contributed by atoms with E-state index in [1.165, 1.54) is 16.7 Å². The van der Waals surface area contributed by atoms with E-state index < -0.39 is 0 Å². The first-order valence-electron chi connectivity index (χ1n) is 3.16. The molecule has 0 atom stereocenters. The van der Waals surface area contributed by atoms with Gasteiger partial charge in [0.25, 0.3) is 0 Å². The van der Waals surface area contributed by atoms with Crippen molar-refractivity contribution >= 4 is 0 Å². The van der Waals surface area contributed by atoms with Gasteiger partial charge in [-0.25, -0.2) is 0 Å². The maximum atomic E-state index is 3.24. The summed E-state index contributed by atoms with van der Waals surface area (Å²) in [7, 11) is 0. The standard InChI is InChI=1S/C9H11.4Y/c1-7-4-5-8(2)9(3)6-7;;;;/h4-5H,1-3H3;;;;/q-1;;;;. The van der Waals surface area contributed by atoms with Crippen LogP contribution >= 0.6 is 0 Å². The zero-order valence-electron chi connectivity index (χ0n) is 8.46. The minimum atomic E-state index is 0. The molecule has 13 heavy (non-hydrogen) atoms. The summed E-state index contributed by atoms with van der Waals surface area (Å²) in [6.07, 6.45) is 0. The molecular weight excluding hydrogens is 464 g/mol. The van der Waals surface area contributed by atoms with Crippen LogP contribution in [0, 0.1) is 26.8 Å². The summed E-state index contributed by atoms with van der Waals surface area (Å²) in [5, 5.41) is 0. The van der Waals surface area contributed by atoms with Crippen LogP contribution in [0.25, 0.3) is 0 Å². The Hall–Kier alpha value is 3.64. The Morgan fingerprint density at radius 1 is 0.846 bits per heavy atom. The van der Waals surface area contributed by atoms with Gasteiger partial charge < -0.3 is 0 Å². The Morgan fingerprint density at radius 3 is 1.62 bits per heavy atom. The van der Waals surface area contributed by atoms with Crippen LogP contribution < -0.4 is 0 Å². The Labute approximate surface area is 182 Å². The van der Waals surface area contributed by atoms with Gasteiger partial charge in [0.15, 0.2) is 0 Å². The maximum Gasteiger partial charge on any atom is 0 e. The smallest absolute Gasteiger partial charge is 0 e. The van der Waals surface area contributed by atoms with E-state index in [1.807, 2.05) is 0 Å². The molecule has 0 aliphatic carbocycles. The summed E-state index contributed by atoms with van der Waals surface area (Å²) in [5.41, 5.74) is 3.80. The second-order valence-electron chi connectivity index (χ2n) is 2.45. The SMILES string of the molecule is Cc1[c-]c(C)c(C)cc1.[Y].[Y].[Y].[Y]. The predicted molar refractivity (Wildman–Crippen MR) is 39.5 cm³/mol. The van der Waals surface area contributed by atoms with Gasteiger partial charge in [-0.15, -0.1) is 0 Å². The van der Waals surface area contributed by atoms with E-state index in [1.54, 1.807) is 0 Å². The maximum absolute atomic E-state index is 3.24. The third-order valence-corrected chi connectivity index (χ3v) is 1.56. The fraction of sp³-hybridized carbons (Fsp3) is 0.333. The Balaban J connectivity index is -0.000000101. The van der Waals surface area contributed by atoms with E-state index in [2.05, 4.69) is 39.0 Å². The predicted octanol–water partition coefficient (Wildman–Crippen LogP) is 2.40. The first-order valence-corrected chi connectivity index (χ1v) is 3.16. The molecule has 0 unspecified atom stereocenters. The Bertz CT molecular complexity index is 223. The number of hydrogen-bond donors (Lipinski definition) is 0. The van der Waals surface area contributed by atoms with Gasteiger partial charge in [-0.1, -0.05) is 20.8 Å². The minimum Gasteiger partial charge on any atom is -0.177 e. The van der Waals surface area contributed by atoms with Crippen molar-refractivity contribution in [3.63, 3.8) is 0 Å². The Kier molecular flexibility index (Phi) is 26.8.